The van der Waals surface area contributed by atoms with Gasteiger partial charge in [0.25, 0.3) is 8.32 Å². The van der Waals surface area contributed by atoms with Crippen LogP contribution in [0.3, 0.4) is 0 Å². The molecule has 2 aromatic heterocycles. The highest BCUT2D eigenvalue weighted by atomic mass is 28.4. The number of hydrogen-bond acceptors (Lipinski definition) is 8. The monoisotopic (exact) mass is 615 g/mol. The summed E-state index contributed by atoms with van der Waals surface area (Å²) < 4.78 is 15.0. The topological polar surface area (TPSA) is 115 Å². The molecule has 3 heterocycles. The third-order valence-corrected chi connectivity index (χ3v) is 12.3. The first-order valence-corrected chi connectivity index (χ1v) is 16.8. The van der Waals surface area contributed by atoms with Gasteiger partial charge in [0.1, 0.15) is 24.6 Å². The smallest absolute Gasteiger partial charge is 0.288 e. The summed E-state index contributed by atoms with van der Waals surface area (Å²) >= 11 is 0. The highest BCUT2D eigenvalue weighted by molar-refractivity contribution is 7.07. The van der Waals surface area contributed by atoms with Crippen LogP contribution in [-0.4, -0.2) is 63.0 Å². The van der Waals surface area contributed by atoms with Gasteiger partial charge in [-0.25, -0.2) is 15.0 Å². The first kappa shape index (κ1) is 29.0. The number of nitrogens with zero attached hydrogens (tertiary/aromatic N) is 4. The number of imidazole rings is 1. The molecule has 4 aromatic carbocycles. The van der Waals surface area contributed by atoms with Crippen molar-refractivity contribution in [2.24, 2.45) is 0 Å². The lowest BCUT2D eigenvalue weighted by Crippen LogP contribution is -2.70. The van der Waals surface area contributed by atoms with Gasteiger partial charge in [-0.05, 0) is 21.1 Å². The molecule has 10 heteroatoms. The lowest BCUT2D eigenvalue weighted by Gasteiger charge is -2.34. The highest BCUT2D eigenvalue weighted by Crippen LogP contribution is 2.33. The van der Waals surface area contributed by atoms with E-state index in [9.17, 15) is 10.2 Å². The SMILES string of the molecule is O[C@@H]1[C@H](O)[C@@H](CO[Si](c2ccccc2)(c2ccccc2)c2ccccc2)O[C@H]1n1cnc2c(NCc3ccccc3)ncnc21. The fourth-order valence-electron chi connectivity index (χ4n) is 6.02. The summed E-state index contributed by atoms with van der Waals surface area (Å²) in [5.74, 6) is 0.569. The number of benzene rings is 4. The number of hydrogen-bond donors (Lipinski definition) is 3. The molecule has 4 atom stereocenters. The normalized spacial score (nSPS) is 20.0. The van der Waals surface area contributed by atoms with Crippen LogP contribution in [0.15, 0.2) is 134 Å². The van der Waals surface area contributed by atoms with E-state index in [-0.39, 0.29) is 6.61 Å². The minimum Gasteiger partial charge on any atom is -0.401 e. The van der Waals surface area contributed by atoms with Gasteiger partial charge in [-0.3, -0.25) is 4.57 Å². The van der Waals surface area contributed by atoms with E-state index in [1.807, 2.05) is 84.9 Å². The Hall–Kier alpha value is -4.71. The maximum Gasteiger partial charge on any atom is 0.288 e. The van der Waals surface area contributed by atoms with Gasteiger partial charge in [0.05, 0.1) is 12.9 Å². The fraction of sp³-hybridized carbons (Fsp3) is 0.171. The second-order valence-electron chi connectivity index (χ2n) is 11.0. The Labute approximate surface area is 261 Å². The predicted molar refractivity (Wildman–Crippen MR) is 175 cm³/mol. The number of aromatic nitrogens is 4. The zero-order valence-corrected chi connectivity index (χ0v) is 25.4. The molecule has 1 saturated heterocycles. The molecule has 1 fully saturated rings. The minimum absolute atomic E-state index is 0.0606. The van der Waals surface area contributed by atoms with Crippen LogP contribution in [0.25, 0.3) is 11.2 Å². The molecule has 0 amide bonds. The molecular weight excluding hydrogens is 583 g/mol. The van der Waals surface area contributed by atoms with Crippen LogP contribution in [0.4, 0.5) is 5.82 Å². The summed E-state index contributed by atoms with van der Waals surface area (Å²) in [6.45, 7) is 0.626. The summed E-state index contributed by atoms with van der Waals surface area (Å²) in [7, 11) is -3.04. The van der Waals surface area contributed by atoms with Crippen LogP contribution >= 0.6 is 0 Å². The van der Waals surface area contributed by atoms with E-state index in [4.69, 9.17) is 9.16 Å². The number of aliphatic hydroxyl groups excluding tert-OH is 2. The van der Waals surface area contributed by atoms with E-state index < -0.39 is 32.9 Å². The Morgan fingerprint density at radius 2 is 1.27 bits per heavy atom. The van der Waals surface area contributed by atoms with Gasteiger partial charge in [-0.2, -0.15) is 0 Å². The van der Waals surface area contributed by atoms with Gasteiger partial charge in [-0.1, -0.05) is 121 Å². The number of fused-ring (bicyclic) bond motifs is 1. The third kappa shape index (κ3) is 5.54. The summed E-state index contributed by atoms with van der Waals surface area (Å²) in [4.78, 5) is 13.4. The van der Waals surface area contributed by atoms with Crippen molar-refractivity contribution in [3.05, 3.63) is 140 Å². The Balaban J connectivity index is 1.17. The van der Waals surface area contributed by atoms with Crippen LogP contribution in [0, 0.1) is 0 Å². The van der Waals surface area contributed by atoms with Gasteiger partial charge in [0, 0.05) is 6.54 Å². The number of aliphatic hydroxyl groups is 2. The average molecular weight is 616 g/mol. The Morgan fingerprint density at radius 1 is 0.711 bits per heavy atom. The molecule has 0 saturated carbocycles. The molecule has 0 bridgehead atoms. The van der Waals surface area contributed by atoms with Crippen LogP contribution in [0.1, 0.15) is 11.8 Å². The second kappa shape index (κ2) is 12.7. The van der Waals surface area contributed by atoms with Crippen molar-refractivity contribution in [2.75, 3.05) is 11.9 Å². The summed E-state index contributed by atoms with van der Waals surface area (Å²) in [6, 6.07) is 40.6. The van der Waals surface area contributed by atoms with Crippen LogP contribution < -0.4 is 20.9 Å². The number of ether oxygens (including phenoxy) is 1. The predicted octanol–water partition coefficient (Wildman–Crippen LogP) is 2.74. The summed E-state index contributed by atoms with van der Waals surface area (Å²) in [5, 5.41) is 29.0. The van der Waals surface area contributed by atoms with E-state index in [0.717, 1.165) is 21.1 Å². The van der Waals surface area contributed by atoms with Gasteiger partial charge < -0.3 is 24.7 Å². The van der Waals surface area contributed by atoms with Crippen molar-refractivity contribution in [3.63, 3.8) is 0 Å². The maximum atomic E-state index is 11.3. The van der Waals surface area contributed by atoms with Crippen LogP contribution in [-0.2, 0) is 15.7 Å². The van der Waals surface area contributed by atoms with E-state index in [1.165, 1.54) is 6.33 Å². The van der Waals surface area contributed by atoms with Gasteiger partial charge in [0.2, 0.25) is 0 Å². The minimum atomic E-state index is -3.04. The molecule has 0 aliphatic carbocycles. The first-order chi connectivity index (χ1) is 22.1. The lowest BCUT2D eigenvalue weighted by molar-refractivity contribution is -0.0479. The van der Waals surface area contributed by atoms with E-state index >= 15 is 0 Å². The molecule has 45 heavy (non-hydrogen) atoms. The zero-order chi connectivity index (χ0) is 30.6. The van der Waals surface area contributed by atoms with Crippen molar-refractivity contribution in [1.29, 1.82) is 0 Å². The van der Waals surface area contributed by atoms with Crippen molar-refractivity contribution in [3.8, 4) is 0 Å². The molecule has 0 unspecified atom stereocenters. The molecule has 1 aliphatic rings. The molecular formula is C35H33N5O4Si. The molecule has 6 aromatic rings. The number of nitrogens with one attached hydrogen (secondary N) is 1. The first-order valence-electron chi connectivity index (χ1n) is 14.9. The Morgan fingerprint density at radius 3 is 1.84 bits per heavy atom. The highest BCUT2D eigenvalue weighted by Gasteiger charge is 2.48. The molecule has 7 rings (SSSR count). The zero-order valence-electron chi connectivity index (χ0n) is 24.4. The number of anilines is 1. The maximum absolute atomic E-state index is 11.3. The van der Waals surface area contributed by atoms with Crippen LogP contribution in [0.5, 0.6) is 0 Å². The molecule has 9 nitrogen and oxygen atoms in total. The molecule has 0 radical (unpaired) electrons. The average Bonchev–Trinajstić information content (AvgIpc) is 3.66. The molecule has 0 spiro atoms. The standard InChI is InChI=1S/C35H33N5O4Si/c41-31-29(22-43-45(26-15-7-2-8-16-26,27-17-9-3-10-18-27)28-19-11-4-12-20-28)44-35(32(31)42)40-24-39-30-33(37-23-38-34(30)40)36-21-25-13-5-1-6-14-25/h1-20,23-24,29,31-32,35,41-42H,21-22H2,(H,36,37,38)/t29-,31-,32-,35-/m1/s1. The van der Waals surface area contributed by atoms with Crippen molar-refractivity contribution in [2.45, 2.75) is 31.1 Å². The molecule has 1 aliphatic heterocycles. The Bertz CT molecular complexity index is 1750. The quantitative estimate of drug-likeness (QED) is 0.159. The third-order valence-electron chi connectivity index (χ3n) is 8.28. The molecule has 226 valence electrons. The van der Waals surface area contributed by atoms with Gasteiger partial charge in [0.15, 0.2) is 23.2 Å². The largest absolute Gasteiger partial charge is 0.401 e. The summed E-state index contributed by atoms with van der Waals surface area (Å²) in [6.07, 6.45) is -1.13. The number of rotatable bonds is 10. The van der Waals surface area contributed by atoms with Crippen molar-refractivity contribution < 1.29 is 19.4 Å². The fourth-order valence-corrected chi connectivity index (χ4v) is 9.92. The van der Waals surface area contributed by atoms with E-state index in [2.05, 4.69) is 56.7 Å². The van der Waals surface area contributed by atoms with Crippen molar-refractivity contribution >= 4 is 40.9 Å². The molecule has 3 N–H and O–H groups in total. The second-order valence-corrected chi connectivity index (χ2v) is 14.4. The lowest BCUT2D eigenvalue weighted by atomic mass is 10.1. The van der Waals surface area contributed by atoms with Gasteiger partial charge >= 0.3 is 0 Å². The summed E-state index contributed by atoms with van der Waals surface area (Å²) in [5.41, 5.74) is 2.13. The Kier molecular flexibility index (Phi) is 8.20. The van der Waals surface area contributed by atoms with E-state index in [1.54, 1.807) is 10.9 Å². The van der Waals surface area contributed by atoms with Gasteiger partial charge in [-0.15, -0.1) is 0 Å². The van der Waals surface area contributed by atoms with Crippen LogP contribution in [0.2, 0.25) is 0 Å². The van der Waals surface area contributed by atoms with E-state index in [0.29, 0.717) is 23.5 Å². The van der Waals surface area contributed by atoms with Crippen molar-refractivity contribution in [1.82, 2.24) is 19.5 Å².